The van der Waals surface area contributed by atoms with Gasteiger partial charge in [-0.2, -0.15) is 0 Å². The van der Waals surface area contributed by atoms with Crippen molar-refractivity contribution in [1.82, 2.24) is 5.32 Å². The molecule has 0 aromatic heterocycles. The highest BCUT2D eigenvalue weighted by molar-refractivity contribution is 5.50. The number of rotatable bonds is 5. The van der Waals surface area contributed by atoms with Crippen LogP contribution in [-0.2, 0) is 5.41 Å². The lowest BCUT2D eigenvalue weighted by atomic mass is 9.81. The normalized spacial score (nSPS) is 14.5. The van der Waals surface area contributed by atoms with Crippen LogP contribution in [0.3, 0.4) is 0 Å². The molecule has 1 heterocycles. The molecular formula is C15H24N2O2. The zero-order valence-electron chi connectivity index (χ0n) is 12.1. The molecule has 0 radical (unpaired) electrons. The Morgan fingerprint density at radius 1 is 1.21 bits per heavy atom. The van der Waals surface area contributed by atoms with E-state index in [0.717, 1.165) is 24.6 Å². The van der Waals surface area contributed by atoms with Crippen molar-refractivity contribution < 1.29 is 9.47 Å². The molecule has 4 heteroatoms. The molecule has 0 aliphatic carbocycles. The summed E-state index contributed by atoms with van der Waals surface area (Å²) < 4.78 is 11.3. The van der Waals surface area contributed by atoms with E-state index in [9.17, 15) is 0 Å². The molecule has 0 saturated heterocycles. The van der Waals surface area contributed by atoms with Gasteiger partial charge in [0, 0.05) is 25.0 Å². The summed E-state index contributed by atoms with van der Waals surface area (Å²) in [6.45, 7) is 10.2. The first-order valence-corrected chi connectivity index (χ1v) is 6.86. The summed E-state index contributed by atoms with van der Waals surface area (Å²) in [6.07, 6.45) is 0. The molecule has 2 rings (SSSR count). The molecule has 0 amide bonds. The minimum atomic E-state index is 0.0368. The molecular weight excluding hydrogens is 240 g/mol. The SMILES string of the molecule is Cc1cc2c(cc1C(C)(C)CNCCN)OCCO2. The van der Waals surface area contributed by atoms with Crippen LogP contribution in [-0.4, -0.2) is 32.8 Å². The summed E-state index contributed by atoms with van der Waals surface area (Å²) in [4.78, 5) is 0. The summed E-state index contributed by atoms with van der Waals surface area (Å²) in [5.74, 6) is 1.72. The highest BCUT2D eigenvalue weighted by atomic mass is 16.6. The molecule has 0 fully saturated rings. The summed E-state index contributed by atoms with van der Waals surface area (Å²) in [7, 11) is 0. The second kappa shape index (κ2) is 5.80. The summed E-state index contributed by atoms with van der Waals surface area (Å²) in [5, 5.41) is 3.38. The molecule has 0 saturated carbocycles. The van der Waals surface area contributed by atoms with Crippen LogP contribution in [0.1, 0.15) is 25.0 Å². The van der Waals surface area contributed by atoms with Gasteiger partial charge in [-0.05, 0) is 30.2 Å². The van der Waals surface area contributed by atoms with E-state index in [2.05, 4.69) is 38.2 Å². The molecule has 1 aromatic carbocycles. The highest BCUT2D eigenvalue weighted by Gasteiger charge is 2.25. The Hall–Kier alpha value is -1.26. The van der Waals surface area contributed by atoms with E-state index < -0.39 is 0 Å². The zero-order valence-corrected chi connectivity index (χ0v) is 12.1. The second-order valence-electron chi connectivity index (χ2n) is 5.66. The Labute approximate surface area is 115 Å². The van der Waals surface area contributed by atoms with Crippen LogP contribution in [0.5, 0.6) is 11.5 Å². The first-order valence-electron chi connectivity index (χ1n) is 6.86. The molecule has 1 aliphatic rings. The van der Waals surface area contributed by atoms with E-state index in [-0.39, 0.29) is 5.41 Å². The van der Waals surface area contributed by atoms with Gasteiger partial charge in [0.1, 0.15) is 13.2 Å². The van der Waals surface area contributed by atoms with E-state index in [1.807, 2.05) is 0 Å². The lowest BCUT2D eigenvalue weighted by molar-refractivity contribution is 0.171. The molecule has 106 valence electrons. The fourth-order valence-corrected chi connectivity index (χ4v) is 2.52. The maximum atomic E-state index is 5.67. The first kappa shape index (κ1) is 14.2. The van der Waals surface area contributed by atoms with Gasteiger partial charge in [-0.3, -0.25) is 0 Å². The zero-order chi connectivity index (χ0) is 13.9. The van der Waals surface area contributed by atoms with Crippen LogP contribution in [0, 0.1) is 6.92 Å². The Morgan fingerprint density at radius 2 is 1.84 bits per heavy atom. The van der Waals surface area contributed by atoms with Gasteiger partial charge in [-0.25, -0.2) is 0 Å². The van der Waals surface area contributed by atoms with Crippen LogP contribution < -0.4 is 20.5 Å². The van der Waals surface area contributed by atoms with E-state index >= 15 is 0 Å². The summed E-state index contributed by atoms with van der Waals surface area (Å²) >= 11 is 0. The van der Waals surface area contributed by atoms with Gasteiger partial charge in [-0.1, -0.05) is 13.8 Å². The topological polar surface area (TPSA) is 56.5 Å². The second-order valence-corrected chi connectivity index (χ2v) is 5.66. The largest absolute Gasteiger partial charge is 0.486 e. The van der Waals surface area contributed by atoms with Crippen molar-refractivity contribution in [2.45, 2.75) is 26.2 Å². The molecule has 0 bridgehead atoms. The van der Waals surface area contributed by atoms with E-state index in [4.69, 9.17) is 15.2 Å². The predicted octanol–water partition coefficient (Wildman–Crippen LogP) is 1.59. The third kappa shape index (κ3) is 3.19. The smallest absolute Gasteiger partial charge is 0.161 e. The molecule has 3 N–H and O–H groups in total. The van der Waals surface area contributed by atoms with E-state index in [1.165, 1.54) is 11.1 Å². The average molecular weight is 264 g/mol. The number of nitrogens with one attached hydrogen (secondary N) is 1. The van der Waals surface area contributed by atoms with Crippen molar-refractivity contribution >= 4 is 0 Å². The number of hydrogen-bond donors (Lipinski definition) is 2. The number of ether oxygens (including phenoxy) is 2. The predicted molar refractivity (Wildman–Crippen MR) is 77.1 cm³/mol. The Bertz CT molecular complexity index is 444. The molecule has 0 atom stereocenters. The van der Waals surface area contributed by atoms with Gasteiger partial charge in [0.25, 0.3) is 0 Å². The monoisotopic (exact) mass is 264 g/mol. The van der Waals surface area contributed by atoms with Crippen molar-refractivity contribution in [1.29, 1.82) is 0 Å². The highest BCUT2D eigenvalue weighted by Crippen LogP contribution is 2.37. The van der Waals surface area contributed by atoms with Gasteiger partial charge in [0.15, 0.2) is 11.5 Å². The molecule has 0 unspecified atom stereocenters. The summed E-state index contributed by atoms with van der Waals surface area (Å²) in [6, 6.07) is 4.20. The van der Waals surface area contributed by atoms with Crippen LogP contribution in [0.4, 0.5) is 0 Å². The lowest BCUT2D eigenvalue weighted by Crippen LogP contribution is -2.36. The van der Waals surface area contributed by atoms with Gasteiger partial charge in [0.05, 0.1) is 0 Å². The van der Waals surface area contributed by atoms with Crippen LogP contribution in [0.2, 0.25) is 0 Å². The van der Waals surface area contributed by atoms with Crippen LogP contribution >= 0.6 is 0 Å². The van der Waals surface area contributed by atoms with Gasteiger partial charge >= 0.3 is 0 Å². The fraction of sp³-hybridized carbons (Fsp3) is 0.600. The average Bonchev–Trinajstić information content (AvgIpc) is 2.38. The molecule has 0 spiro atoms. The van der Waals surface area contributed by atoms with Crippen LogP contribution in [0.25, 0.3) is 0 Å². The maximum Gasteiger partial charge on any atom is 0.161 e. The minimum Gasteiger partial charge on any atom is -0.486 e. The van der Waals surface area contributed by atoms with E-state index in [0.29, 0.717) is 19.8 Å². The number of nitrogens with two attached hydrogens (primary N) is 1. The van der Waals surface area contributed by atoms with Gasteiger partial charge in [-0.15, -0.1) is 0 Å². The maximum absolute atomic E-state index is 5.67. The van der Waals surface area contributed by atoms with Crippen LogP contribution in [0.15, 0.2) is 12.1 Å². The molecule has 4 nitrogen and oxygen atoms in total. The van der Waals surface area contributed by atoms with Crippen molar-refractivity contribution in [3.63, 3.8) is 0 Å². The Balaban J connectivity index is 2.23. The summed E-state index contributed by atoms with van der Waals surface area (Å²) in [5.41, 5.74) is 8.09. The van der Waals surface area contributed by atoms with Gasteiger partial charge in [0.2, 0.25) is 0 Å². The lowest BCUT2D eigenvalue weighted by Gasteiger charge is -2.29. The number of aryl methyl sites for hydroxylation is 1. The van der Waals surface area contributed by atoms with Crippen molar-refractivity contribution in [3.05, 3.63) is 23.3 Å². The minimum absolute atomic E-state index is 0.0368. The third-order valence-electron chi connectivity index (χ3n) is 3.51. The number of fused-ring (bicyclic) bond motifs is 1. The Kier molecular flexibility index (Phi) is 4.32. The molecule has 1 aromatic rings. The standard InChI is InChI=1S/C15H24N2O2/c1-11-8-13-14(19-7-6-18-13)9-12(11)15(2,3)10-17-5-4-16/h8-9,17H,4-7,10,16H2,1-3H3. The quantitative estimate of drug-likeness (QED) is 0.793. The fourth-order valence-electron chi connectivity index (χ4n) is 2.52. The molecule has 1 aliphatic heterocycles. The number of hydrogen-bond acceptors (Lipinski definition) is 4. The first-order chi connectivity index (χ1) is 9.04. The van der Waals surface area contributed by atoms with Crippen molar-refractivity contribution in [3.8, 4) is 11.5 Å². The number of benzene rings is 1. The Morgan fingerprint density at radius 3 is 2.47 bits per heavy atom. The molecule has 19 heavy (non-hydrogen) atoms. The third-order valence-corrected chi connectivity index (χ3v) is 3.51. The van der Waals surface area contributed by atoms with Crippen molar-refractivity contribution in [2.75, 3.05) is 32.8 Å². The van der Waals surface area contributed by atoms with Crippen molar-refractivity contribution in [2.24, 2.45) is 5.73 Å². The van der Waals surface area contributed by atoms with Gasteiger partial charge < -0.3 is 20.5 Å². The van der Waals surface area contributed by atoms with E-state index in [1.54, 1.807) is 0 Å².